The maximum atomic E-state index is 8.27. The fourth-order valence-corrected chi connectivity index (χ4v) is 0.686. The van der Waals surface area contributed by atoms with Gasteiger partial charge < -0.3 is 5.73 Å². The van der Waals surface area contributed by atoms with E-state index in [4.69, 9.17) is 11.0 Å². The second-order valence-corrected chi connectivity index (χ2v) is 1.97. The van der Waals surface area contributed by atoms with E-state index in [-0.39, 0.29) is 0 Å². The highest BCUT2D eigenvalue weighted by atomic mass is 14.6. The molecule has 0 bridgehead atoms. The summed E-state index contributed by atoms with van der Waals surface area (Å²) in [6.07, 6.45) is 4.56. The largest absolute Gasteiger partial charge is 0.398 e. The van der Waals surface area contributed by atoms with Crippen LogP contribution in [0.1, 0.15) is 5.56 Å². The summed E-state index contributed by atoms with van der Waals surface area (Å²) < 4.78 is 0. The van der Waals surface area contributed by atoms with Crippen molar-refractivity contribution in [2.24, 2.45) is 5.73 Å². The molecule has 1 aromatic heterocycles. The molecule has 3 heteroatoms. The highest BCUT2D eigenvalue weighted by Crippen LogP contribution is 2.04. The fourth-order valence-electron chi connectivity index (χ4n) is 0.686. The van der Waals surface area contributed by atoms with Gasteiger partial charge in [0.05, 0.1) is 11.8 Å². The summed E-state index contributed by atoms with van der Waals surface area (Å²) in [4.78, 5) is 3.86. The summed E-state index contributed by atoms with van der Waals surface area (Å²) in [7, 11) is 0. The van der Waals surface area contributed by atoms with Gasteiger partial charge in [-0.25, -0.2) is 0 Å². The van der Waals surface area contributed by atoms with Crippen molar-refractivity contribution in [1.82, 2.24) is 4.98 Å². The third kappa shape index (κ3) is 1.80. The zero-order valence-electron chi connectivity index (χ0n) is 5.86. The first kappa shape index (κ1) is 7.29. The van der Waals surface area contributed by atoms with Crippen LogP contribution in [0.3, 0.4) is 0 Å². The van der Waals surface area contributed by atoms with Crippen LogP contribution in [-0.4, -0.2) is 4.98 Å². The average Bonchev–Trinajstić information content (AvgIpc) is 2.07. The van der Waals surface area contributed by atoms with E-state index in [1.165, 1.54) is 6.08 Å². The zero-order chi connectivity index (χ0) is 8.10. The van der Waals surface area contributed by atoms with Crippen LogP contribution >= 0.6 is 0 Å². The zero-order valence-corrected chi connectivity index (χ0v) is 5.86. The lowest BCUT2D eigenvalue weighted by molar-refractivity contribution is 1.30. The Bertz CT molecular complexity index is 295. The van der Waals surface area contributed by atoms with Gasteiger partial charge in [0.25, 0.3) is 0 Å². The van der Waals surface area contributed by atoms with Gasteiger partial charge in [-0.1, -0.05) is 0 Å². The highest BCUT2D eigenvalue weighted by molar-refractivity contribution is 5.63. The first-order valence-electron chi connectivity index (χ1n) is 3.10. The second kappa shape index (κ2) is 3.37. The van der Waals surface area contributed by atoms with E-state index < -0.39 is 0 Å². The minimum atomic E-state index is 0.445. The number of nitriles is 1. The maximum absolute atomic E-state index is 8.27. The molecular formula is C8H7N3. The third-order valence-electron chi connectivity index (χ3n) is 1.21. The lowest BCUT2D eigenvalue weighted by Gasteiger charge is -1.95. The average molecular weight is 145 g/mol. The fraction of sp³-hybridized carbons (Fsp3) is 0. The van der Waals surface area contributed by atoms with Gasteiger partial charge in [0, 0.05) is 24.0 Å². The van der Waals surface area contributed by atoms with E-state index in [2.05, 4.69) is 4.98 Å². The summed E-state index contributed by atoms with van der Waals surface area (Å²) in [6.45, 7) is 0. The van der Waals surface area contributed by atoms with Crippen LogP contribution in [0.25, 0.3) is 5.70 Å². The maximum Gasteiger partial charge on any atom is 0.0933 e. The Morgan fingerprint density at radius 2 is 2.55 bits per heavy atom. The molecule has 0 aliphatic carbocycles. The Labute approximate surface area is 64.8 Å². The molecule has 1 rings (SSSR count). The molecule has 0 unspecified atom stereocenters. The monoisotopic (exact) mass is 145 g/mol. The van der Waals surface area contributed by atoms with E-state index >= 15 is 0 Å². The summed E-state index contributed by atoms with van der Waals surface area (Å²) in [5.41, 5.74) is 6.72. The van der Waals surface area contributed by atoms with Crippen LogP contribution in [0.15, 0.2) is 30.6 Å². The van der Waals surface area contributed by atoms with Crippen molar-refractivity contribution >= 4 is 5.70 Å². The first-order chi connectivity index (χ1) is 5.34. The molecule has 0 radical (unpaired) electrons. The van der Waals surface area contributed by atoms with Gasteiger partial charge in [-0.2, -0.15) is 5.26 Å². The molecule has 0 amide bonds. The molecule has 0 saturated carbocycles. The number of nitrogens with zero attached hydrogens (tertiary/aromatic N) is 2. The molecule has 0 saturated heterocycles. The molecule has 0 aliphatic rings. The van der Waals surface area contributed by atoms with Crippen molar-refractivity contribution < 1.29 is 0 Å². The molecule has 3 nitrogen and oxygen atoms in total. The van der Waals surface area contributed by atoms with Crippen LogP contribution in [0.5, 0.6) is 0 Å². The van der Waals surface area contributed by atoms with Crippen molar-refractivity contribution in [2.75, 3.05) is 0 Å². The standard InChI is InChI=1S/C8H7N3/c9-4-3-8(10)7-2-1-5-11-6-7/h1-3,5-6H,10H2/b8-3+. The van der Waals surface area contributed by atoms with Crippen molar-refractivity contribution in [1.29, 1.82) is 5.26 Å². The van der Waals surface area contributed by atoms with E-state index in [1.54, 1.807) is 24.5 Å². The Balaban J connectivity index is 2.96. The normalized spacial score (nSPS) is 10.6. The second-order valence-electron chi connectivity index (χ2n) is 1.97. The Hall–Kier alpha value is -1.82. The minimum absolute atomic E-state index is 0.445. The molecule has 0 fully saturated rings. The molecule has 0 aromatic carbocycles. The van der Waals surface area contributed by atoms with Crippen molar-refractivity contribution in [3.05, 3.63) is 36.2 Å². The Morgan fingerprint density at radius 3 is 3.09 bits per heavy atom. The van der Waals surface area contributed by atoms with Crippen LogP contribution in [0.4, 0.5) is 0 Å². The van der Waals surface area contributed by atoms with Gasteiger partial charge in [-0.05, 0) is 12.1 Å². The number of hydrogen-bond acceptors (Lipinski definition) is 3. The Kier molecular flexibility index (Phi) is 2.24. The van der Waals surface area contributed by atoms with Crippen molar-refractivity contribution in [2.45, 2.75) is 0 Å². The van der Waals surface area contributed by atoms with Crippen LogP contribution in [0.2, 0.25) is 0 Å². The van der Waals surface area contributed by atoms with Gasteiger partial charge in [-0.15, -0.1) is 0 Å². The number of nitrogens with two attached hydrogens (primary N) is 1. The smallest absolute Gasteiger partial charge is 0.0933 e. The summed E-state index contributed by atoms with van der Waals surface area (Å²) >= 11 is 0. The van der Waals surface area contributed by atoms with Crippen molar-refractivity contribution in [3.63, 3.8) is 0 Å². The van der Waals surface area contributed by atoms with E-state index in [0.29, 0.717) is 5.70 Å². The summed E-state index contributed by atoms with van der Waals surface area (Å²) in [5, 5.41) is 8.27. The third-order valence-corrected chi connectivity index (χ3v) is 1.21. The van der Waals surface area contributed by atoms with Crippen LogP contribution < -0.4 is 5.73 Å². The predicted octanol–water partition coefficient (Wildman–Crippen LogP) is 0.905. The van der Waals surface area contributed by atoms with Gasteiger partial charge in [0.2, 0.25) is 0 Å². The Morgan fingerprint density at radius 1 is 1.73 bits per heavy atom. The number of hydrogen-bond donors (Lipinski definition) is 1. The van der Waals surface area contributed by atoms with Crippen LogP contribution in [-0.2, 0) is 0 Å². The van der Waals surface area contributed by atoms with E-state index in [1.807, 2.05) is 6.07 Å². The number of aromatic nitrogens is 1. The number of pyridine rings is 1. The molecule has 0 spiro atoms. The lowest BCUT2D eigenvalue weighted by atomic mass is 10.2. The summed E-state index contributed by atoms with van der Waals surface area (Å²) in [5.74, 6) is 0. The molecular weight excluding hydrogens is 138 g/mol. The molecule has 0 aliphatic heterocycles. The predicted molar refractivity (Wildman–Crippen MR) is 42.0 cm³/mol. The van der Waals surface area contributed by atoms with Crippen LogP contribution in [0, 0.1) is 11.3 Å². The first-order valence-corrected chi connectivity index (χ1v) is 3.10. The SMILES string of the molecule is N#C/C=C(/N)c1cccnc1. The quantitative estimate of drug-likeness (QED) is 0.597. The number of allylic oxidation sites excluding steroid dienone is 1. The molecule has 2 N–H and O–H groups in total. The molecule has 1 aromatic rings. The molecule has 0 atom stereocenters. The highest BCUT2D eigenvalue weighted by Gasteiger charge is 1.92. The molecule has 54 valence electrons. The van der Waals surface area contributed by atoms with E-state index in [9.17, 15) is 0 Å². The lowest BCUT2D eigenvalue weighted by Crippen LogP contribution is -1.95. The van der Waals surface area contributed by atoms with Gasteiger partial charge in [0.15, 0.2) is 0 Å². The minimum Gasteiger partial charge on any atom is -0.398 e. The van der Waals surface area contributed by atoms with E-state index in [0.717, 1.165) is 5.56 Å². The number of rotatable bonds is 1. The summed E-state index contributed by atoms with van der Waals surface area (Å²) in [6, 6.07) is 5.42. The van der Waals surface area contributed by atoms with Gasteiger partial charge >= 0.3 is 0 Å². The van der Waals surface area contributed by atoms with Crippen molar-refractivity contribution in [3.8, 4) is 6.07 Å². The molecule has 11 heavy (non-hydrogen) atoms. The van der Waals surface area contributed by atoms with Gasteiger partial charge in [-0.3, -0.25) is 4.98 Å². The van der Waals surface area contributed by atoms with Gasteiger partial charge in [0.1, 0.15) is 0 Å². The topological polar surface area (TPSA) is 62.7 Å². The molecule has 1 heterocycles.